The van der Waals surface area contributed by atoms with Crippen LogP contribution >= 0.6 is 11.6 Å². The number of aliphatic hydroxyl groups is 1. The monoisotopic (exact) mass is 576 g/mol. The number of aromatic amines is 1. The molecular formula is C26H20ClF3N4O6. The first-order valence-electron chi connectivity index (χ1n) is 11.4. The second kappa shape index (κ2) is 10.9. The minimum Gasteiger partial charge on any atom is -0.475 e. The molecule has 5 rings (SSSR count). The average Bonchev–Trinajstić information content (AvgIpc) is 3.40. The Labute approximate surface area is 229 Å². The molecule has 1 aliphatic heterocycles. The number of carbonyl (C=O) groups is 3. The van der Waals surface area contributed by atoms with Gasteiger partial charge in [-0.15, -0.1) is 0 Å². The fourth-order valence-electron chi connectivity index (χ4n) is 4.16. The standard InChI is InChI=1S/C24H19ClN4O4.C2HF3O2/c1-33-23(31)28-22-26-19-10-9-15(12-20(19)27-22)24(32)18-8-3-2-7-17(18)21(30)29(24)13-14-5-4-6-16(25)11-14;3-2(4,5)1(6)7/h2-12,32H,13H2,1H3,(H2,26,27,28,31);(H,6,7). The van der Waals surface area contributed by atoms with Crippen LogP contribution in [-0.4, -0.2) is 56.3 Å². The van der Waals surface area contributed by atoms with Crippen LogP contribution in [0.3, 0.4) is 0 Å². The first-order valence-corrected chi connectivity index (χ1v) is 11.8. The molecule has 1 unspecified atom stereocenters. The van der Waals surface area contributed by atoms with Crippen molar-refractivity contribution in [2.24, 2.45) is 0 Å². The van der Waals surface area contributed by atoms with Crippen molar-refractivity contribution >= 4 is 46.6 Å². The number of carboxylic acids is 1. The number of aliphatic carboxylic acids is 1. The van der Waals surface area contributed by atoms with Gasteiger partial charge in [0, 0.05) is 28.3 Å². The van der Waals surface area contributed by atoms with E-state index in [4.69, 9.17) is 21.5 Å². The summed E-state index contributed by atoms with van der Waals surface area (Å²) in [6.07, 6.45) is -5.74. The zero-order valence-corrected chi connectivity index (χ0v) is 21.2. The number of benzene rings is 3. The lowest BCUT2D eigenvalue weighted by Crippen LogP contribution is -2.44. The number of aromatic nitrogens is 2. The topological polar surface area (TPSA) is 145 Å². The lowest BCUT2D eigenvalue weighted by atomic mass is 9.93. The molecule has 2 heterocycles. The summed E-state index contributed by atoms with van der Waals surface area (Å²) in [4.78, 5) is 42.5. The van der Waals surface area contributed by atoms with Gasteiger partial charge in [-0.1, -0.05) is 48.0 Å². The van der Waals surface area contributed by atoms with Crippen LogP contribution in [-0.2, 0) is 21.8 Å². The number of fused-ring (bicyclic) bond motifs is 2. The summed E-state index contributed by atoms with van der Waals surface area (Å²) in [5, 5.41) is 22.2. The van der Waals surface area contributed by atoms with Crippen molar-refractivity contribution in [3.05, 3.63) is 94.0 Å². The molecule has 0 spiro atoms. The van der Waals surface area contributed by atoms with Gasteiger partial charge < -0.3 is 19.9 Å². The molecular weight excluding hydrogens is 557 g/mol. The zero-order valence-electron chi connectivity index (χ0n) is 20.5. The number of amides is 2. The molecule has 4 aromatic rings. The summed E-state index contributed by atoms with van der Waals surface area (Å²) in [6, 6.07) is 19.3. The van der Waals surface area contributed by atoms with E-state index in [1.165, 1.54) is 12.0 Å². The molecule has 1 aliphatic rings. The van der Waals surface area contributed by atoms with Crippen molar-refractivity contribution in [2.45, 2.75) is 18.4 Å². The Hall–Kier alpha value is -4.62. The summed E-state index contributed by atoms with van der Waals surface area (Å²) in [5.74, 6) is -2.84. The first-order chi connectivity index (χ1) is 18.8. The van der Waals surface area contributed by atoms with Crippen molar-refractivity contribution in [1.82, 2.24) is 14.9 Å². The van der Waals surface area contributed by atoms with E-state index >= 15 is 0 Å². The Bertz CT molecular complexity index is 1610. The third-order valence-electron chi connectivity index (χ3n) is 5.93. The molecule has 208 valence electrons. The second-order valence-electron chi connectivity index (χ2n) is 8.48. The third-order valence-corrected chi connectivity index (χ3v) is 6.17. The number of H-pyrrole nitrogens is 1. The first kappa shape index (κ1) is 28.4. The van der Waals surface area contributed by atoms with Gasteiger partial charge in [0.2, 0.25) is 5.95 Å². The number of imidazole rings is 1. The summed E-state index contributed by atoms with van der Waals surface area (Å²) in [5.41, 5.74) is 1.62. The van der Waals surface area contributed by atoms with E-state index in [1.807, 2.05) is 6.07 Å². The number of carbonyl (C=O) groups excluding carboxylic acids is 2. The second-order valence-corrected chi connectivity index (χ2v) is 8.91. The van der Waals surface area contributed by atoms with Gasteiger partial charge >= 0.3 is 18.2 Å². The number of halogens is 4. The lowest BCUT2D eigenvalue weighted by Gasteiger charge is -2.35. The minimum absolute atomic E-state index is 0.154. The van der Waals surface area contributed by atoms with E-state index in [9.17, 15) is 27.9 Å². The van der Waals surface area contributed by atoms with E-state index in [1.54, 1.807) is 60.7 Å². The number of nitrogens with zero attached hydrogens (tertiary/aromatic N) is 2. The smallest absolute Gasteiger partial charge is 0.475 e. The number of carboxylic acid groups (broad SMARTS) is 1. The lowest BCUT2D eigenvalue weighted by molar-refractivity contribution is -0.192. The normalized spacial score (nSPS) is 16.2. The summed E-state index contributed by atoms with van der Waals surface area (Å²) in [7, 11) is 1.26. The third kappa shape index (κ3) is 5.55. The van der Waals surface area contributed by atoms with E-state index in [0.29, 0.717) is 32.7 Å². The van der Waals surface area contributed by atoms with E-state index < -0.39 is 24.0 Å². The van der Waals surface area contributed by atoms with Crippen LogP contribution in [0.1, 0.15) is 27.0 Å². The van der Waals surface area contributed by atoms with E-state index in [0.717, 1.165) is 5.56 Å². The molecule has 3 aromatic carbocycles. The maximum atomic E-state index is 13.3. The van der Waals surface area contributed by atoms with Crippen molar-refractivity contribution < 1.29 is 42.5 Å². The van der Waals surface area contributed by atoms with Crippen LogP contribution in [0.5, 0.6) is 0 Å². The number of alkyl halides is 3. The zero-order chi connectivity index (χ0) is 29.2. The fourth-order valence-corrected chi connectivity index (χ4v) is 4.37. The number of methoxy groups -OCH3 is 1. The molecule has 4 N–H and O–H groups in total. The average molecular weight is 577 g/mol. The highest BCUT2D eigenvalue weighted by molar-refractivity contribution is 6.30. The van der Waals surface area contributed by atoms with E-state index in [2.05, 4.69) is 20.0 Å². The predicted molar refractivity (Wildman–Crippen MR) is 137 cm³/mol. The fraction of sp³-hybridized carbons (Fsp3) is 0.154. The quantitative estimate of drug-likeness (QED) is 0.271. The summed E-state index contributed by atoms with van der Waals surface area (Å²) < 4.78 is 36.3. The molecule has 40 heavy (non-hydrogen) atoms. The maximum absolute atomic E-state index is 13.3. The van der Waals surface area contributed by atoms with Gasteiger partial charge in [-0.3, -0.25) is 15.0 Å². The Kier molecular flexibility index (Phi) is 7.71. The molecule has 0 aliphatic carbocycles. The molecule has 0 saturated heterocycles. The van der Waals surface area contributed by atoms with Gasteiger partial charge in [0.15, 0.2) is 5.72 Å². The molecule has 0 saturated carbocycles. The van der Waals surface area contributed by atoms with Crippen molar-refractivity contribution in [3.8, 4) is 0 Å². The van der Waals surface area contributed by atoms with Crippen LogP contribution in [0.4, 0.5) is 23.9 Å². The van der Waals surface area contributed by atoms with Gasteiger partial charge in [-0.25, -0.2) is 14.6 Å². The van der Waals surface area contributed by atoms with Crippen molar-refractivity contribution in [2.75, 3.05) is 12.4 Å². The Morgan fingerprint density at radius 2 is 1.82 bits per heavy atom. The molecule has 0 fully saturated rings. The number of nitrogens with one attached hydrogen (secondary N) is 2. The largest absolute Gasteiger partial charge is 0.490 e. The van der Waals surface area contributed by atoms with Crippen LogP contribution in [0.15, 0.2) is 66.7 Å². The van der Waals surface area contributed by atoms with Crippen LogP contribution in [0.25, 0.3) is 11.0 Å². The number of ether oxygens (including phenoxy) is 1. The van der Waals surface area contributed by atoms with Gasteiger partial charge in [0.05, 0.1) is 18.1 Å². The molecule has 10 nitrogen and oxygen atoms in total. The van der Waals surface area contributed by atoms with Crippen LogP contribution < -0.4 is 5.32 Å². The molecule has 0 radical (unpaired) electrons. The number of hydrogen-bond acceptors (Lipinski definition) is 6. The van der Waals surface area contributed by atoms with Gasteiger partial charge in [-0.2, -0.15) is 13.2 Å². The van der Waals surface area contributed by atoms with Crippen molar-refractivity contribution in [3.63, 3.8) is 0 Å². The molecule has 2 amide bonds. The number of anilines is 1. The highest BCUT2D eigenvalue weighted by Gasteiger charge is 2.49. The minimum atomic E-state index is -5.08. The summed E-state index contributed by atoms with van der Waals surface area (Å²) >= 11 is 6.14. The maximum Gasteiger partial charge on any atom is 0.490 e. The Morgan fingerprint density at radius 1 is 1.12 bits per heavy atom. The van der Waals surface area contributed by atoms with Crippen LogP contribution in [0.2, 0.25) is 5.02 Å². The SMILES string of the molecule is COC(=O)Nc1nc2ccc(C3(O)c4ccccc4C(=O)N3Cc3cccc(Cl)c3)cc2[nH]1.O=C(O)C(F)(F)F. The Balaban J connectivity index is 0.000000470. The van der Waals surface area contributed by atoms with Crippen LogP contribution in [0, 0.1) is 0 Å². The molecule has 0 bridgehead atoms. The number of rotatable bonds is 4. The van der Waals surface area contributed by atoms with E-state index in [-0.39, 0.29) is 18.4 Å². The highest BCUT2D eigenvalue weighted by Crippen LogP contribution is 2.43. The summed E-state index contributed by atoms with van der Waals surface area (Å²) in [6.45, 7) is 0.154. The van der Waals surface area contributed by atoms with Crippen molar-refractivity contribution in [1.29, 1.82) is 0 Å². The molecule has 14 heteroatoms. The molecule has 1 aromatic heterocycles. The van der Waals surface area contributed by atoms with Gasteiger partial charge in [0.1, 0.15) is 0 Å². The van der Waals surface area contributed by atoms with Gasteiger partial charge in [0.25, 0.3) is 5.91 Å². The predicted octanol–water partition coefficient (Wildman–Crippen LogP) is 4.88. The molecule has 1 atom stereocenters. The highest BCUT2D eigenvalue weighted by atomic mass is 35.5. The van der Waals surface area contributed by atoms with Gasteiger partial charge in [-0.05, 0) is 35.9 Å². The number of hydrogen-bond donors (Lipinski definition) is 4. The Morgan fingerprint density at radius 3 is 2.48 bits per heavy atom.